The van der Waals surface area contributed by atoms with Crippen LogP contribution in [0.2, 0.25) is 0 Å². The number of hydrogen-bond donors (Lipinski definition) is 3. The molecule has 0 radical (unpaired) electrons. The van der Waals surface area contributed by atoms with Gasteiger partial charge in [-0.3, -0.25) is 0 Å². The third kappa shape index (κ3) is 2.57. The van der Waals surface area contributed by atoms with Crippen LogP contribution in [0.25, 0.3) is 38.7 Å². The first-order valence-corrected chi connectivity index (χ1v) is 11.3. The fourth-order valence-corrected chi connectivity index (χ4v) is 5.56. The first-order valence-electron chi connectivity index (χ1n) is 11.3. The molecule has 2 aliphatic rings. The third-order valence-electron chi connectivity index (χ3n) is 7.55. The summed E-state index contributed by atoms with van der Waals surface area (Å²) in [7, 11) is 1.68. The molecule has 4 N–H and O–H groups in total. The van der Waals surface area contributed by atoms with E-state index in [4.69, 9.17) is 5.73 Å². The van der Waals surface area contributed by atoms with Gasteiger partial charge in [-0.15, -0.1) is 0 Å². The van der Waals surface area contributed by atoms with Gasteiger partial charge in [0.05, 0.1) is 33.9 Å². The maximum atomic E-state index is 15.4. The predicted molar refractivity (Wildman–Crippen MR) is 127 cm³/mol. The molecule has 5 aromatic rings. The Labute approximate surface area is 192 Å². The summed E-state index contributed by atoms with van der Waals surface area (Å²) in [4.78, 5) is 14.6. The lowest BCUT2D eigenvalue weighted by atomic mass is 10.0. The monoisotopic (exact) mass is 460 g/mol. The Bertz CT molecular complexity index is 1620. The quantitative estimate of drug-likeness (QED) is 0.380. The van der Waals surface area contributed by atoms with Crippen molar-refractivity contribution < 1.29 is 8.78 Å². The number of nitrogens with two attached hydrogens (primary N) is 1. The minimum absolute atomic E-state index is 0.0864. The second-order valence-electron chi connectivity index (χ2n) is 9.41. The van der Waals surface area contributed by atoms with Crippen molar-refractivity contribution in [1.29, 1.82) is 0 Å². The van der Waals surface area contributed by atoms with Crippen LogP contribution in [0.3, 0.4) is 0 Å². The Kier molecular flexibility index (Phi) is 3.83. The van der Waals surface area contributed by atoms with Gasteiger partial charge in [0.1, 0.15) is 5.65 Å². The number of H-pyrrole nitrogens is 1. The maximum absolute atomic E-state index is 15.4. The van der Waals surface area contributed by atoms with Gasteiger partial charge in [0, 0.05) is 73.4 Å². The van der Waals surface area contributed by atoms with E-state index in [0.29, 0.717) is 22.2 Å². The summed E-state index contributed by atoms with van der Waals surface area (Å²) in [5, 5.41) is 8.02. The van der Waals surface area contributed by atoms with E-state index >= 15 is 4.39 Å². The molecule has 0 amide bonds. The molecule has 1 saturated carbocycles. The van der Waals surface area contributed by atoms with Crippen LogP contribution in [-0.4, -0.2) is 50.7 Å². The number of hydrogen-bond acceptors (Lipinski definition) is 6. The molecule has 1 spiro atoms. The number of aromatic nitrogens is 5. The summed E-state index contributed by atoms with van der Waals surface area (Å²) >= 11 is 0. The second kappa shape index (κ2) is 6.63. The summed E-state index contributed by atoms with van der Waals surface area (Å²) in [5.74, 6) is -1.80. The smallest absolute Gasteiger partial charge is 0.169 e. The minimum atomic E-state index is -0.907. The zero-order valence-electron chi connectivity index (χ0n) is 18.4. The number of fused-ring (bicyclic) bond motifs is 4. The Hall–Kier alpha value is -3.79. The van der Waals surface area contributed by atoms with Crippen LogP contribution in [-0.2, 0) is 0 Å². The largest absolute Gasteiger partial charge is 0.386 e. The van der Waals surface area contributed by atoms with Crippen LogP contribution >= 0.6 is 0 Å². The van der Waals surface area contributed by atoms with Gasteiger partial charge in [0.15, 0.2) is 17.3 Å². The van der Waals surface area contributed by atoms with Crippen LogP contribution in [0.1, 0.15) is 12.8 Å². The van der Waals surface area contributed by atoms with Gasteiger partial charge in [0.25, 0.3) is 0 Å². The van der Waals surface area contributed by atoms with Crippen LogP contribution in [0, 0.1) is 17.0 Å². The average Bonchev–Trinajstić information content (AvgIpc) is 3.28. The molecule has 4 aromatic heterocycles. The van der Waals surface area contributed by atoms with Crippen LogP contribution in [0.5, 0.6) is 0 Å². The van der Waals surface area contributed by atoms with E-state index < -0.39 is 11.6 Å². The predicted octanol–water partition coefficient (Wildman–Crippen LogP) is 3.67. The van der Waals surface area contributed by atoms with Crippen molar-refractivity contribution in [3.05, 3.63) is 48.6 Å². The van der Waals surface area contributed by atoms with E-state index in [1.807, 2.05) is 12.3 Å². The molecular formula is C24H22F2N8. The van der Waals surface area contributed by atoms with Gasteiger partial charge in [-0.1, -0.05) is 0 Å². The van der Waals surface area contributed by atoms with E-state index in [1.165, 1.54) is 0 Å². The van der Waals surface area contributed by atoms with E-state index in [0.717, 1.165) is 54.5 Å². The number of benzene rings is 1. The second-order valence-corrected chi connectivity index (χ2v) is 9.41. The van der Waals surface area contributed by atoms with E-state index in [2.05, 4.69) is 30.3 Å². The first kappa shape index (κ1) is 19.7. The van der Waals surface area contributed by atoms with Crippen LogP contribution < -0.4 is 16.0 Å². The third-order valence-corrected chi connectivity index (χ3v) is 7.55. The van der Waals surface area contributed by atoms with Gasteiger partial charge in [0.2, 0.25) is 0 Å². The van der Waals surface area contributed by atoms with E-state index in [9.17, 15) is 4.39 Å². The maximum Gasteiger partial charge on any atom is 0.169 e. The minimum Gasteiger partial charge on any atom is -0.386 e. The molecule has 10 heteroatoms. The zero-order valence-corrected chi connectivity index (χ0v) is 18.4. The highest BCUT2D eigenvalue weighted by molar-refractivity contribution is 6.18. The van der Waals surface area contributed by atoms with Crippen molar-refractivity contribution >= 4 is 39.0 Å². The van der Waals surface area contributed by atoms with Crippen LogP contribution in [0.4, 0.5) is 20.2 Å². The first-order chi connectivity index (χ1) is 16.5. The van der Waals surface area contributed by atoms with Gasteiger partial charge < -0.3 is 20.9 Å². The summed E-state index contributed by atoms with van der Waals surface area (Å²) in [6, 6.07) is 3.16. The van der Waals surface area contributed by atoms with Crippen molar-refractivity contribution in [1.82, 2.24) is 24.6 Å². The molecule has 5 heterocycles. The molecular weight excluding hydrogens is 438 g/mol. The van der Waals surface area contributed by atoms with Crippen LogP contribution in [0.15, 0.2) is 36.9 Å². The fourth-order valence-electron chi connectivity index (χ4n) is 5.56. The van der Waals surface area contributed by atoms with E-state index in [1.54, 1.807) is 30.2 Å². The average molecular weight is 460 g/mol. The number of halogens is 2. The number of nitrogens with zero attached hydrogens (tertiary/aromatic N) is 5. The van der Waals surface area contributed by atoms with Gasteiger partial charge >= 0.3 is 0 Å². The number of pyridine rings is 1. The zero-order chi connectivity index (χ0) is 23.2. The summed E-state index contributed by atoms with van der Waals surface area (Å²) in [6.07, 6.45) is 9.05. The van der Waals surface area contributed by atoms with Gasteiger partial charge in [-0.2, -0.15) is 5.10 Å². The Morgan fingerprint density at radius 1 is 1.24 bits per heavy atom. The van der Waals surface area contributed by atoms with Crippen molar-refractivity contribution in [2.45, 2.75) is 18.9 Å². The Morgan fingerprint density at radius 2 is 2.09 bits per heavy atom. The molecule has 8 nitrogen and oxygen atoms in total. The van der Waals surface area contributed by atoms with Crippen molar-refractivity contribution in [2.75, 3.05) is 30.4 Å². The highest BCUT2D eigenvalue weighted by atomic mass is 19.2. The SMILES string of the molecule is CNc1cc(F)c(F)c2c1[nH]c1ncc(-c3cnc4ccnn4c3)c(N3CC[C@@]4(C[C@H]4N)C3)c12. The molecule has 0 bridgehead atoms. The van der Waals surface area contributed by atoms with Crippen molar-refractivity contribution in [3.8, 4) is 11.1 Å². The Balaban J connectivity index is 1.56. The lowest BCUT2D eigenvalue weighted by Gasteiger charge is -2.23. The molecule has 1 aliphatic carbocycles. The standard InChI is InChI=1S/C24H22F2N8/c1-28-15-6-14(25)20(26)18-19-22(33-5-3-24(11-33)7-16(24)27)13(9-30-23(19)32-21(15)18)12-8-29-17-2-4-31-34(17)10-12/h2,4,6,8-10,16,28H,3,5,7,11,27H2,1H3,(H,30,32)/t16-,24-/m1/s1. The highest BCUT2D eigenvalue weighted by Gasteiger charge is 2.55. The molecule has 2 atom stereocenters. The lowest BCUT2D eigenvalue weighted by molar-refractivity contribution is 0.518. The van der Waals surface area contributed by atoms with Crippen molar-refractivity contribution in [3.63, 3.8) is 0 Å². The number of nitrogens with one attached hydrogen (secondary N) is 2. The van der Waals surface area contributed by atoms with Crippen molar-refractivity contribution in [2.24, 2.45) is 11.1 Å². The van der Waals surface area contributed by atoms with E-state index in [-0.39, 0.29) is 16.8 Å². The van der Waals surface area contributed by atoms with Gasteiger partial charge in [-0.25, -0.2) is 23.3 Å². The molecule has 1 saturated heterocycles. The molecule has 1 aliphatic heterocycles. The molecule has 2 fully saturated rings. The summed E-state index contributed by atoms with van der Waals surface area (Å²) < 4.78 is 31.7. The fraction of sp³-hybridized carbons (Fsp3) is 0.292. The lowest BCUT2D eigenvalue weighted by Crippen LogP contribution is -2.23. The molecule has 1 aromatic carbocycles. The summed E-state index contributed by atoms with van der Waals surface area (Å²) in [6.45, 7) is 1.54. The Morgan fingerprint density at radius 3 is 2.85 bits per heavy atom. The molecule has 34 heavy (non-hydrogen) atoms. The van der Waals surface area contributed by atoms with Gasteiger partial charge in [-0.05, 0) is 12.8 Å². The molecule has 7 rings (SSSR count). The molecule has 0 unspecified atom stereocenters. The highest BCUT2D eigenvalue weighted by Crippen LogP contribution is 2.54. The summed E-state index contributed by atoms with van der Waals surface area (Å²) in [5.41, 5.74) is 11.0. The molecule has 172 valence electrons. The number of rotatable bonds is 3. The number of anilines is 2. The topological polar surface area (TPSA) is 100 Å². The normalized spacial score (nSPS) is 22.0. The number of aromatic amines is 1.